The Morgan fingerprint density at radius 2 is 2.50 bits per heavy atom. The molecule has 1 rings (SSSR count). The zero-order chi connectivity index (χ0) is 10.4. The van der Waals surface area contributed by atoms with Crippen molar-refractivity contribution in [1.29, 1.82) is 0 Å². The summed E-state index contributed by atoms with van der Waals surface area (Å²) in [6.45, 7) is 3.90. The zero-order valence-corrected chi connectivity index (χ0v) is 8.70. The first-order valence-corrected chi connectivity index (χ1v) is 5.17. The van der Waals surface area contributed by atoms with E-state index in [0.717, 1.165) is 19.6 Å². The monoisotopic (exact) mass is 201 g/mol. The molecule has 0 radical (unpaired) electrons. The maximum atomic E-state index is 11.2. The number of nitrogens with two attached hydrogens (primary N) is 1. The van der Waals surface area contributed by atoms with Gasteiger partial charge in [0.25, 0.3) is 0 Å². The molecule has 4 heteroatoms. The normalized spacial score (nSPS) is 23.4. The summed E-state index contributed by atoms with van der Waals surface area (Å²) in [5, 5.41) is 0. The molecule has 0 aromatic rings. The average Bonchev–Trinajstić information content (AvgIpc) is 2.63. The van der Waals surface area contributed by atoms with E-state index in [9.17, 15) is 4.79 Å². The molecular formula is C10H19NO3. The molecule has 2 unspecified atom stereocenters. The molecule has 1 aliphatic rings. The van der Waals surface area contributed by atoms with E-state index in [1.165, 1.54) is 0 Å². The maximum absolute atomic E-state index is 11.2. The van der Waals surface area contributed by atoms with Crippen LogP contribution in [-0.4, -0.2) is 31.8 Å². The Bertz CT molecular complexity index is 176. The number of hydrogen-bond donors (Lipinski definition) is 1. The van der Waals surface area contributed by atoms with Crippen molar-refractivity contribution in [3.8, 4) is 0 Å². The standard InChI is InChI=1S/C10H19NO3/c1-8(11)2-3-10(12)14-7-9-4-5-13-6-9/h8-9H,2-7,11H2,1H3. The largest absolute Gasteiger partial charge is 0.465 e. The summed E-state index contributed by atoms with van der Waals surface area (Å²) in [5.41, 5.74) is 5.53. The second-order valence-electron chi connectivity index (χ2n) is 3.93. The highest BCUT2D eigenvalue weighted by Crippen LogP contribution is 2.12. The van der Waals surface area contributed by atoms with E-state index < -0.39 is 0 Å². The van der Waals surface area contributed by atoms with Gasteiger partial charge in [-0.3, -0.25) is 4.79 Å². The van der Waals surface area contributed by atoms with E-state index in [1.807, 2.05) is 6.92 Å². The number of carbonyl (C=O) groups is 1. The van der Waals surface area contributed by atoms with Crippen molar-refractivity contribution in [3.63, 3.8) is 0 Å². The Balaban J connectivity index is 2.02. The fourth-order valence-corrected chi connectivity index (χ4v) is 1.34. The van der Waals surface area contributed by atoms with Crippen LogP contribution < -0.4 is 5.73 Å². The fraction of sp³-hybridized carbons (Fsp3) is 0.900. The van der Waals surface area contributed by atoms with Gasteiger partial charge in [-0.15, -0.1) is 0 Å². The van der Waals surface area contributed by atoms with E-state index in [2.05, 4.69) is 0 Å². The van der Waals surface area contributed by atoms with Crippen molar-refractivity contribution in [2.75, 3.05) is 19.8 Å². The van der Waals surface area contributed by atoms with Crippen LogP contribution >= 0.6 is 0 Å². The van der Waals surface area contributed by atoms with Gasteiger partial charge in [0.2, 0.25) is 0 Å². The van der Waals surface area contributed by atoms with Crippen LogP contribution in [0.1, 0.15) is 26.2 Å². The molecule has 2 atom stereocenters. The van der Waals surface area contributed by atoms with Crippen LogP contribution in [0.5, 0.6) is 0 Å². The molecule has 0 bridgehead atoms. The number of hydrogen-bond acceptors (Lipinski definition) is 4. The highest BCUT2D eigenvalue weighted by atomic mass is 16.5. The highest BCUT2D eigenvalue weighted by Gasteiger charge is 2.17. The fourth-order valence-electron chi connectivity index (χ4n) is 1.34. The first-order valence-electron chi connectivity index (χ1n) is 5.17. The molecule has 0 spiro atoms. The van der Waals surface area contributed by atoms with Crippen LogP contribution in [0.15, 0.2) is 0 Å². The minimum atomic E-state index is -0.144. The van der Waals surface area contributed by atoms with Crippen molar-refractivity contribution >= 4 is 5.97 Å². The SMILES string of the molecule is CC(N)CCC(=O)OCC1CCOC1. The molecule has 14 heavy (non-hydrogen) atoms. The molecule has 4 nitrogen and oxygen atoms in total. The summed E-state index contributed by atoms with van der Waals surface area (Å²) in [6.07, 6.45) is 2.12. The minimum Gasteiger partial charge on any atom is -0.465 e. The first-order chi connectivity index (χ1) is 6.68. The predicted molar refractivity (Wildman–Crippen MR) is 52.8 cm³/mol. The lowest BCUT2D eigenvalue weighted by Crippen LogP contribution is -2.19. The van der Waals surface area contributed by atoms with Crippen LogP contribution in [0.2, 0.25) is 0 Å². The third-order valence-corrected chi connectivity index (χ3v) is 2.31. The van der Waals surface area contributed by atoms with Crippen LogP contribution in [0, 0.1) is 5.92 Å². The lowest BCUT2D eigenvalue weighted by Gasteiger charge is -2.09. The number of esters is 1. The average molecular weight is 201 g/mol. The molecule has 0 saturated carbocycles. The Morgan fingerprint density at radius 1 is 1.71 bits per heavy atom. The highest BCUT2D eigenvalue weighted by molar-refractivity contribution is 5.69. The van der Waals surface area contributed by atoms with Gasteiger partial charge < -0.3 is 15.2 Å². The second kappa shape index (κ2) is 5.98. The maximum Gasteiger partial charge on any atom is 0.305 e. The van der Waals surface area contributed by atoms with Crippen LogP contribution in [0.3, 0.4) is 0 Å². The molecule has 1 aliphatic heterocycles. The zero-order valence-electron chi connectivity index (χ0n) is 8.70. The van der Waals surface area contributed by atoms with Gasteiger partial charge in [0, 0.05) is 25.0 Å². The van der Waals surface area contributed by atoms with Crippen molar-refractivity contribution in [1.82, 2.24) is 0 Å². The van der Waals surface area contributed by atoms with Gasteiger partial charge in [0.1, 0.15) is 0 Å². The number of carbonyl (C=O) groups excluding carboxylic acids is 1. The minimum absolute atomic E-state index is 0.0670. The molecule has 1 saturated heterocycles. The molecule has 82 valence electrons. The summed E-state index contributed by atoms with van der Waals surface area (Å²) < 4.78 is 10.3. The topological polar surface area (TPSA) is 61.6 Å². The van der Waals surface area contributed by atoms with Gasteiger partial charge >= 0.3 is 5.97 Å². The van der Waals surface area contributed by atoms with Gasteiger partial charge in [-0.05, 0) is 19.8 Å². The molecule has 0 amide bonds. The van der Waals surface area contributed by atoms with Gasteiger partial charge in [-0.25, -0.2) is 0 Å². The van der Waals surface area contributed by atoms with Crippen molar-refractivity contribution < 1.29 is 14.3 Å². The molecule has 1 fully saturated rings. The number of rotatable bonds is 5. The van der Waals surface area contributed by atoms with Gasteiger partial charge in [-0.2, -0.15) is 0 Å². The second-order valence-corrected chi connectivity index (χ2v) is 3.93. The van der Waals surface area contributed by atoms with Gasteiger partial charge in [-0.1, -0.05) is 0 Å². The van der Waals surface area contributed by atoms with Crippen molar-refractivity contribution in [2.24, 2.45) is 11.7 Å². The van der Waals surface area contributed by atoms with Crippen LogP contribution in [0.25, 0.3) is 0 Å². The smallest absolute Gasteiger partial charge is 0.305 e. The third kappa shape index (κ3) is 4.58. The Kier molecular flexibility index (Phi) is 4.90. The molecule has 2 N–H and O–H groups in total. The Morgan fingerprint density at radius 3 is 3.07 bits per heavy atom. The molecule has 1 heterocycles. The van der Waals surface area contributed by atoms with Gasteiger partial charge in [0.05, 0.1) is 13.2 Å². The number of ether oxygens (including phenoxy) is 2. The van der Waals surface area contributed by atoms with Gasteiger partial charge in [0.15, 0.2) is 0 Å². The van der Waals surface area contributed by atoms with E-state index in [-0.39, 0.29) is 12.0 Å². The molecular weight excluding hydrogens is 182 g/mol. The van der Waals surface area contributed by atoms with Crippen LogP contribution in [0.4, 0.5) is 0 Å². The molecule has 0 aromatic carbocycles. The van der Waals surface area contributed by atoms with Crippen LogP contribution in [-0.2, 0) is 14.3 Å². The van der Waals surface area contributed by atoms with Crippen molar-refractivity contribution in [3.05, 3.63) is 0 Å². The summed E-state index contributed by atoms with van der Waals surface area (Å²) in [4.78, 5) is 11.2. The summed E-state index contributed by atoms with van der Waals surface area (Å²) in [6, 6.07) is 0.0670. The molecule has 0 aromatic heterocycles. The van der Waals surface area contributed by atoms with E-state index in [4.69, 9.17) is 15.2 Å². The lowest BCUT2D eigenvalue weighted by atomic mass is 10.1. The first kappa shape index (κ1) is 11.5. The summed E-state index contributed by atoms with van der Waals surface area (Å²) in [7, 11) is 0. The predicted octanol–water partition coefficient (Wildman–Crippen LogP) is 0.694. The summed E-state index contributed by atoms with van der Waals surface area (Å²) >= 11 is 0. The quantitative estimate of drug-likeness (QED) is 0.665. The van der Waals surface area contributed by atoms with E-state index >= 15 is 0 Å². The van der Waals surface area contributed by atoms with E-state index in [0.29, 0.717) is 25.4 Å². The third-order valence-electron chi connectivity index (χ3n) is 2.31. The Hall–Kier alpha value is -0.610. The van der Waals surface area contributed by atoms with Crippen molar-refractivity contribution in [2.45, 2.75) is 32.2 Å². The lowest BCUT2D eigenvalue weighted by molar-refractivity contribution is -0.145. The van der Waals surface area contributed by atoms with E-state index in [1.54, 1.807) is 0 Å². The molecule has 0 aliphatic carbocycles. The Labute approximate surface area is 84.7 Å². The summed E-state index contributed by atoms with van der Waals surface area (Å²) in [5.74, 6) is 0.253.